The molecule has 0 amide bonds. The fourth-order valence-electron chi connectivity index (χ4n) is 0.189. The molecule has 0 saturated carbocycles. The molecule has 0 N–H and O–H groups in total. The van der Waals surface area contributed by atoms with Crippen molar-refractivity contribution >= 4 is 13.4 Å². The molecular formula is C4H6O4Se. The first kappa shape index (κ1) is 8.20. The third-order valence-corrected chi connectivity index (χ3v) is 1.93. The third kappa shape index (κ3) is 3.76. The molecule has 0 atom stereocenters. The van der Waals surface area contributed by atoms with E-state index < -0.39 is 13.4 Å². The molecule has 0 bridgehead atoms. The summed E-state index contributed by atoms with van der Waals surface area (Å²) in [6, 6.07) is 0. The predicted molar refractivity (Wildman–Crippen MR) is 29.7 cm³/mol. The van der Waals surface area contributed by atoms with Crippen LogP contribution >= 0.6 is 0 Å². The second-order valence-corrected chi connectivity index (χ2v) is 3.45. The molecule has 0 aromatic rings. The van der Waals surface area contributed by atoms with Crippen molar-refractivity contribution in [2.75, 3.05) is 0 Å². The summed E-state index contributed by atoms with van der Waals surface area (Å²) >= 11 is -4.60. The van der Waals surface area contributed by atoms with Gasteiger partial charge >= 0.3 is 54.4 Å². The second-order valence-electron chi connectivity index (χ2n) is 0.934. The summed E-state index contributed by atoms with van der Waals surface area (Å²) in [5.74, 6) is 0. The van der Waals surface area contributed by atoms with Crippen LogP contribution in [0.4, 0.5) is 0 Å². The SMILES string of the molecule is C=CO[Se](=O)(=O)OC=C. The Bertz CT molecular complexity index is 175. The van der Waals surface area contributed by atoms with E-state index in [1.807, 2.05) is 0 Å². The molecule has 0 heterocycles. The van der Waals surface area contributed by atoms with Gasteiger partial charge in [0.25, 0.3) is 0 Å². The molecule has 0 aromatic heterocycles. The van der Waals surface area contributed by atoms with Gasteiger partial charge in [-0.15, -0.1) is 0 Å². The molecule has 0 aliphatic carbocycles. The molecule has 0 unspecified atom stereocenters. The van der Waals surface area contributed by atoms with Crippen LogP contribution in [-0.2, 0) is 15.3 Å². The summed E-state index contributed by atoms with van der Waals surface area (Å²) in [5.41, 5.74) is 0. The first-order valence-corrected chi connectivity index (χ1v) is 4.75. The van der Waals surface area contributed by atoms with Gasteiger partial charge in [0.05, 0.1) is 0 Å². The van der Waals surface area contributed by atoms with Crippen LogP contribution in [0.25, 0.3) is 0 Å². The van der Waals surface area contributed by atoms with E-state index in [0.717, 1.165) is 12.5 Å². The summed E-state index contributed by atoms with van der Waals surface area (Å²) in [5, 5.41) is 0. The van der Waals surface area contributed by atoms with Crippen LogP contribution in [0.2, 0.25) is 0 Å². The Hall–Kier alpha value is -0.801. The molecule has 0 fully saturated rings. The molecule has 9 heavy (non-hydrogen) atoms. The van der Waals surface area contributed by atoms with E-state index in [1.54, 1.807) is 0 Å². The molecule has 4 nitrogen and oxygen atoms in total. The summed E-state index contributed by atoms with van der Waals surface area (Å²) in [6.07, 6.45) is 1.56. The standard InChI is InChI=1S/C4H6O4Se/c1-3-7-9(5,6)8-4-2/h3-4H,1-2H2. The fraction of sp³-hybridized carbons (Fsp3) is 0. The van der Waals surface area contributed by atoms with E-state index >= 15 is 0 Å². The number of rotatable bonds is 4. The third-order valence-electron chi connectivity index (χ3n) is 0.372. The average molecular weight is 197 g/mol. The maximum absolute atomic E-state index is 10.3. The Kier molecular flexibility index (Phi) is 2.98. The molecular weight excluding hydrogens is 191 g/mol. The van der Waals surface area contributed by atoms with E-state index in [2.05, 4.69) is 20.8 Å². The van der Waals surface area contributed by atoms with Crippen LogP contribution in [0.5, 0.6) is 0 Å². The van der Waals surface area contributed by atoms with Gasteiger partial charge in [0.2, 0.25) is 0 Å². The Morgan fingerprint density at radius 3 is 1.67 bits per heavy atom. The van der Waals surface area contributed by atoms with Crippen molar-refractivity contribution in [2.24, 2.45) is 0 Å². The molecule has 0 spiro atoms. The van der Waals surface area contributed by atoms with E-state index in [-0.39, 0.29) is 0 Å². The summed E-state index contributed by atoms with van der Waals surface area (Å²) in [7, 11) is 0. The van der Waals surface area contributed by atoms with E-state index in [1.165, 1.54) is 0 Å². The average Bonchev–Trinajstić information content (AvgIpc) is 1.64. The normalized spacial score (nSPS) is 9.78. The van der Waals surface area contributed by atoms with Crippen LogP contribution in [0.1, 0.15) is 0 Å². The van der Waals surface area contributed by atoms with Crippen LogP contribution in [-0.4, -0.2) is 13.4 Å². The molecule has 5 heteroatoms. The van der Waals surface area contributed by atoms with Crippen molar-refractivity contribution in [3.8, 4) is 0 Å². The van der Waals surface area contributed by atoms with Gasteiger partial charge in [0.15, 0.2) is 0 Å². The van der Waals surface area contributed by atoms with Crippen LogP contribution < -0.4 is 0 Å². The Morgan fingerprint density at radius 2 is 1.44 bits per heavy atom. The number of hydrogen-bond acceptors (Lipinski definition) is 4. The zero-order valence-corrected chi connectivity index (χ0v) is 6.32. The van der Waals surface area contributed by atoms with E-state index in [4.69, 9.17) is 0 Å². The summed E-state index contributed by atoms with van der Waals surface area (Å²) < 4.78 is 28.6. The first-order chi connectivity index (χ1) is 4.12. The van der Waals surface area contributed by atoms with Gasteiger partial charge in [-0.1, -0.05) is 0 Å². The second kappa shape index (κ2) is 3.27. The Labute approximate surface area is 55.0 Å². The predicted octanol–water partition coefficient (Wildman–Crippen LogP) is 0.603. The Morgan fingerprint density at radius 1 is 1.11 bits per heavy atom. The Balaban J connectivity index is 4.03. The minimum absolute atomic E-state index is 0.781. The summed E-state index contributed by atoms with van der Waals surface area (Å²) in [6.45, 7) is 6.06. The van der Waals surface area contributed by atoms with E-state index in [0.29, 0.717) is 0 Å². The molecule has 0 rings (SSSR count). The zero-order chi connectivity index (χ0) is 7.33. The van der Waals surface area contributed by atoms with Crippen LogP contribution in [0.15, 0.2) is 25.7 Å². The summed E-state index contributed by atoms with van der Waals surface area (Å²) in [4.78, 5) is 0. The number of hydrogen-bond donors (Lipinski definition) is 0. The van der Waals surface area contributed by atoms with Gasteiger partial charge in [-0.25, -0.2) is 0 Å². The van der Waals surface area contributed by atoms with Crippen molar-refractivity contribution in [2.45, 2.75) is 0 Å². The van der Waals surface area contributed by atoms with Gasteiger partial charge in [-0.2, -0.15) is 0 Å². The maximum atomic E-state index is 10.3. The van der Waals surface area contributed by atoms with Crippen molar-refractivity contribution < 1.29 is 15.3 Å². The van der Waals surface area contributed by atoms with Crippen molar-refractivity contribution in [3.05, 3.63) is 25.7 Å². The van der Waals surface area contributed by atoms with Crippen molar-refractivity contribution in [3.63, 3.8) is 0 Å². The van der Waals surface area contributed by atoms with Crippen LogP contribution in [0.3, 0.4) is 0 Å². The monoisotopic (exact) mass is 198 g/mol. The van der Waals surface area contributed by atoms with E-state index in [9.17, 15) is 7.67 Å². The first-order valence-electron chi connectivity index (χ1n) is 1.95. The quantitative estimate of drug-likeness (QED) is 0.489. The molecule has 0 radical (unpaired) electrons. The fourth-order valence-corrected chi connectivity index (χ4v) is 0.984. The van der Waals surface area contributed by atoms with Gasteiger partial charge in [-0.3, -0.25) is 0 Å². The van der Waals surface area contributed by atoms with Gasteiger partial charge in [0, 0.05) is 0 Å². The zero-order valence-electron chi connectivity index (χ0n) is 4.61. The topological polar surface area (TPSA) is 52.6 Å². The molecule has 0 aliphatic heterocycles. The van der Waals surface area contributed by atoms with Gasteiger partial charge in [-0.05, 0) is 0 Å². The van der Waals surface area contributed by atoms with Crippen molar-refractivity contribution in [1.29, 1.82) is 0 Å². The molecule has 0 aliphatic rings. The van der Waals surface area contributed by atoms with Crippen LogP contribution in [0, 0.1) is 0 Å². The van der Waals surface area contributed by atoms with Gasteiger partial charge in [0.1, 0.15) is 0 Å². The minimum atomic E-state index is -4.60. The molecule has 0 saturated heterocycles. The molecule has 0 aromatic carbocycles. The molecule has 52 valence electrons. The van der Waals surface area contributed by atoms with Gasteiger partial charge < -0.3 is 0 Å². The van der Waals surface area contributed by atoms with Crippen molar-refractivity contribution in [1.82, 2.24) is 0 Å².